The minimum absolute atomic E-state index is 0.00228. The molecule has 0 bridgehead atoms. The summed E-state index contributed by atoms with van der Waals surface area (Å²) >= 11 is 0. The molecule has 1 aliphatic heterocycles. The molecule has 0 radical (unpaired) electrons. The van der Waals surface area contributed by atoms with Crippen molar-refractivity contribution >= 4 is 27.7 Å². The summed E-state index contributed by atoms with van der Waals surface area (Å²) in [5, 5.41) is 9.30. The Kier molecular flexibility index (Phi) is 5.51. The molecule has 8 heteroatoms. The van der Waals surface area contributed by atoms with Gasteiger partial charge in [0.1, 0.15) is 5.70 Å². The molecule has 1 fully saturated rings. The van der Waals surface area contributed by atoms with Crippen molar-refractivity contribution in [1.29, 1.82) is 5.26 Å². The Morgan fingerprint density at radius 1 is 1.03 bits per heavy atom. The van der Waals surface area contributed by atoms with Crippen molar-refractivity contribution in [2.75, 3.05) is 20.4 Å². The van der Waals surface area contributed by atoms with Crippen LogP contribution in [0.25, 0.3) is 6.08 Å². The van der Waals surface area contributed by atoms with Gasteiger partial charge in [-0.3, -0.25) is 9.59 Å². The zero-order valence-electron chi connectivity index (χ0n) is 16.9. The number of amides is 2. The lowest BCUT2D eigenvalue weighted by atomic mass is 9.98. The molecular formula is C22H21N3O4S. The average Bonchev–Trinajstić information content (AvgIpc) is 2.73. The van der Waals surface area contributed by atoms with Gasteiger partial charge in [0, 0.05) is 26.8 Å². The number of nitriles is 1. The van der Waals surface area contributed by atoms with Crippen LogP contribution in [0.4, 0.5) is 0 Å². The largest absolute Gasteiger partial charge is 0.313 e. The Morgan fingerprint density at radius 2 is 1.63 bits per heavy atom. The molecule has 7 nitrogen and oxygen atoms in total. The van der Waals surface area contributed by atoms with Gasteiger partial charge in [-0.25, -0.2) is 8.42 Å². The second-order valence-corrected chi connectivity index (χ2v) is 9.40. The summed E-state index contributed by atoms with van der Waals surface area (Å²) in [4.78, 5) is 26.7. The second kappa shape index (κ2) is 7.76. The van der Waals surface area contributed by atoms with Crippen LogP contribution in [-0.4, -0.2) is 55.3 Å². The van der Waals surface area contributed by atoms with Crippen LogP contribution >= 0.6 is 0 Å². The molecule has 0 saturated carbocycles. The number of sulfone groups is 1. The van der Waals surface area contributed by atoms with E-state index in [1.807, 2.05) is 6.07 Å². The molecule has 1 heterocycles. The Labute approximate surface area is 175 Å². The van der Waals surface area contributed by atoms with Crippen LogP contribution in [0.3, 0.4) is 0 Å². The highest BCUT2D eigenvalue weighted by Crippen LogP contribution is 2.35. The Bertz CT molecular complexity index is 1180. The summed E-state index contributed by atoms with van der Waals surface area (Å²) < 4.78 is 25.8. The van der Waals surface area contributed by atoms with Gasteiger partial charge in [-0.2, -0.15) is 5.26 Å². The number of hydrogen-bond acceptors (Lipinski definition) is 5. The van der Waals surface area contributed by atoms with Gasteiger partial charge >= 0.3 is 0 Å². The van der Waals surface area contributed by atoms with Crippen molar-refractivity contribution in [3.05, 3.63) is 77.0 Å². The Morgan fingerprint density at radius 3 is 2.23 bits per heavy atom. The summed E-state index contributed by atoms with van der Waals surface area (Å²) in [6, 6.07) is 17.4. The highest BCUT2D eigenvalue weighted by Gasteiger charge is 2.59. The molecule has 0 N–H and O–H groups in total. The second-order valence-electron chi connectivity index (χ2n) is 7.18. The maximum Gasteiger partial charge on any atom is 0.272 e. The van der Waals surface area contributed by atoms with Gasteiger partial charge in [0.25, 0.3) is 11.8 Å². The van der Waals surface area contributed by atoms with E-state index in [1.165, 1.54) is 20.2 Å². The van der Waals surface area contributed by atoms with Gasteiger partial charge in [0.15, 0.2) is 9.84 Å². The monoisotopic (exact) mass is 423 g/mol. The summed E-state index contributed by atoms with van der Waals surface area (Å²) in [5.41, 5.74) is 1.42. The van der Waals surface area contributed by atoms with Crippen LogP contribution in [0.1, 0.15) is 16.7 Å². The first-order chi connectivity index (χ1) is 14.1. The predicted molar refractivity (Wildman–Crippen MR) is 112 cm³/mol. The molecule has 0 aromatic heterocycles. The van der Waals surface area contributed by atoms with Crippen molar-refractivity contribution in [2.24, 2.45) is 0 Å². The molecule has 2 aromatic carbocycles. The normalized spacial score (nSPS) is 21.1. The van der Waals surface area contributed by atoms with E-state index in [0.29, 0.717) is 16.7 Å². The van der Waals surface area contributed by atoms with Crippen molar-refractivity contribution in [3.8, 4) is 6.07 Å². The van der Waals surface area contributed by atoms with Crippen LogP contribution in [0.15, 0.2) is 60.3 Å². The molecule has 2 amide bonds. The van der Waals surface area contributed by atoms with E-state index in [9.17, 15) is 23.3 Å². The Balaban J connectivity index is 2.15. The van der Waals surface area contributed by atoms with E-state index in [2.05, 4.69) is 0 Å². The zero-order chi connectivity index (χ0) is 22.1. The van der Waals surface area contributed by atoms with Crippen molar-refractivity contribution in [1.82, 2.24) is 9.80 Å². The van der Waals surface area contributed by atoms with Crippen LogP contribution < -0.4 is 0 Å². The van der Waals surface area contributed by atoms with Gasteiger partial charge in [0.05, 0.1) is 11.6 Å². The van der Waals surface area contributed by atoms with Crippen molar-refractivity contribution in [3.63, 3.8) is 0 Å². The third-order valence-corrected chi connectivity index (χ3v) is 7.16. The molecular weight excluding hydrogens is 402 g/mol. The number of likely N-dealkylation sites (N-methyl/N-ethyl adjacent to an activating group) is 2. The summed E-state index contributed by atoms with van der Waals surface area (Å²) in [6.45, 7) is 0. The van der Waals surface area contributed by atoms with Gasteiger partial charge < -0.3 is 9.80 Å². The van der Waals surface area contributed by atoms with Crippen LogP contribution in [-0.2, 0) is 25.8 Å². The van der Waals surface area contributed by atoms with Gasteiger partial charge in [-0.1, -0.05) is 48.5 Å². The van der Waals surface area contributed by atoms with E-state index in [1.54, 1.807) is 54.6 Å². The fourth-order valence-electron chi connectivity index (χ4n) is 3.63. The predicted octanol–water partition coefficient (Wildman–Crippen LogP) is 1.81. The molecule has 30 heavy (non-hydrogen) atoms. The molecule has 2 aromatic rings. The van der Waals surface area contributed by atoms with Crippen LogP contribution in [0, 0.1) is 11.3 Å². The minimum atomic E-state index is -4.02. The smallest absolute Gasteiger partial charge is 0.272 e. The number of nitrogens with zero attached hydrogens (tertiary/aromatic N) is 3. The third-order valence-electron chi connectivity index (χ3n) is 5.34. The summed E-state index contributed by atoms with van der Waals surface area (Å²) in [6.07, 6.45) is 2.23. The molecule has 154 valence electrons. The molecule has 1 unspecified atom stereocenters. The van der Waals surface area contributed by atoms with Gasteiger partial charge in [-0.05, 0) is 23.3 Å². The van der Waals surface area contributed by atoms with Crippen LogP contribution in [0.5, 0.6) is 0 Å². The molecule has 1 atom stereocenters. The lowest BCUT2D eigenvalue weighted by Crippen LogP contribution is -2.69. The fourth-order valence-corrected chi connectivity index (χ4v) is 5.09. The van der Waals surface area contributed by atoms with Crippen LogP contribution in [0.2, 0.25) is 0 Å². The van der Waals surface area contributed by atoms with Gasteiger partial charge in [-0.15, -0.1) is 0 Å². The van der Waals surface area contributed by atoms with Crippen molar-refractivity contribution < 1.29 is 18.0 Å². The number of piperazine rings is 1. The topological polar surface area (TPSA) is 98.6 Å². The lowest BCUT2D eigenvalue weighted by Gasteiger charge is -2.46. The van der Waals surface area contributed by atoms with Gasteiger partial charge in [0.2, 0.25) is 4.87 Å². The highest BCUT2D eigenvalue weighted by atomic mass is 32.2. The van der Waals surface area contributed by atoms with E-state index < -0.39 is 26.5 Å². The third kappa shape index (κ3) is 3.37. The summed E-state index contributed by atoms with van der Waals surface area (Å²) in [5.74, 6) is -1.34. The van der Waals surface area contributed by atoms with Crippen molar-refractivity contribution in [2.45, 2.75) is 11.3 Å². The number of benzene rings is 2. The van der Waals surface area contributed by atoms with E-state index in [0.717, 1.165) is 16.1 Å². The first-order valence-electron chi connectivity index (χ1n) is 9.14. The summed E-state index contributed by atoms with van der Waals surface area (Å²) in [7, 11) is -1.33. The standard InChI is InChI=1S/C22H21N3O4S/c1-24-19(13-17-11-7-8-12-18(17)15-23)20(26)25(2)22(21(24)27,30(3,28)29)14-16-9-5-4-6-10-16/h4-13H,14H2,1-3H3/b19-13-. The molecule has 0 spiro atoms. The van der Waals surface area contributed by atoms with E-state index in [-0.39, 0.29) is 12.1 Å². The highest BCUT2D eigenvalue weighted by molar-refractivity contribution is 7.92. The molecule has 0 aliphatic carbocycles. The molecule has 1 saturated heterocycles. The maximum atomic E-state index is 13.5. The number of carbonyl (C=O) groups is 2. The number of rotatable bonds is 4. The SMILES string of the molecule is CN1C(=O)C(Cc2ccccc2)(S(C)(=O)=O)N(C)C(=O)/C1=C/c1ccccc1C#N. The quantitative estimate of drug-likeness (QED) is 0.699. The average molecular weight is 423 g/mol. The first-order valence-corrected chi connectivity index (χ1v) is 11.0. The molecule has 3 rings (SSSR count). The maximum absolute atomic E-state index is 13.5. The molecule has 1 aliphatic rings. The van der Waals surface area contributed by atoms with E-state index >= 15 is 0 Å². The Hall–Kier alpha value is -3.44. The van der Waals surface area contributed by atoms with E-state index in [4.69, 9.17) is 0 Å². The number of hydrogen-bond donors (Lipinski definition) is 0. The first kappa shape index (κ1) is 21.3. The minimum Gasteiger partial charge on any atom is -0.313 e. The number of carbonyl (C=O) groups excluding carboxylic acids is 2. The zero-order valence-corrected chi connectivity index (χ0v) is 17.7. The fraction of sp³-hybridized carbons (Fsp3) is 0.227. The lowest BCUT2D eigenvalue weighted by molar-refractivity contribution is -0.150.